The van der Waals surface area contributed by atoms with Crippen LogP contribution in [0.15, 0.2) is 84.9 Å². The van der Waals surface area contributed by atoms with Gasteiger partial charge >= 0.3 is 24.8 Å². The molecule has 0 fully saturated rings. The van der Waals surface area contributed by atoms with Crippen LogP contribution in [0.2, 0.25) is 0 Å². The molecule has 0 aliphatic rings. The fourth-order valence-electron chi connectivity index (χ4n) is 3.42. The number of aliphatic hydroxyl groups is 1. The molecule has 0 saturated heterocycles. The number of methoxy groups -OCH3 is 1. The summed E-state index contributed by atoms with van der Waals surface area (Å²) in [7, 11) is 1.42. The molecular weight excluding hydrogens is 390 g/mol. The summed E-state index contributed by atoms with van der Waals surface area (Å²) >= 11 is 0. The maximum atomic E-state index is 11.0. The van der Waals surface area contributed by atoms with E-state index < -0.39 is 0 Å². The Hall–Kier alpha value is -2.51. The predicted octanol–water partition coefficient (Wildman–Crippen LogP) is 2.45. The molecule has 159 valence electrons. The van der Waals surface area contributed by atoms with Crippen molar-refractivity contribution in [2.45, 2.75) is 25.7 Å². The summed E-state index contributed by atoms with van der Waals surface area (Å²) in [5.41, 5.74) is 2.47. The summed E-state index contributed by atoms with van der Waals surface area (Å²) in [6.07, 6.45) is 2.98. The van der Waals surface area contributed by atoms with Crippen molar-refractivity contribution in [1.29, 1.82) is 0 Å². The number of carbonyl (C=O) groups excluding carboxylic acids is 1. The topological polar surface area (TPSA) is 46.5 Å². The van der Waals surface area contributed by atoms with Gasteiger partial charge in [-0.3, -0.25) is 4.79 Å². The average Bonchev–Trinajstić information content (AvgIpc) is 2.81. The van der Waals surface area contributed by atoms with Crippen molar-refractivity contribution in [3.05, 3.63) is 96.1 Å². The number of ether oxygens (including phenoxy) is 1. The van der Waals surface area contributed by atoms with Crippen LogP contribution in [0.4, 0.5) is 0 Å². The van der Waals surface area contributed by atoms with Crippen LogP contribution in [0, 0.1) is 0 Å². The minimum absolute atomic E-state index is 0. The molecule has 4 aromatic rings. The van der Waals surface area contributed by atoms with Gasteiger partial charge in [0.15, 0.2) is 0 Å². The Morgan fingerprint density at radius 3 is 1.72 bits per heavy atom. The third-order valence-corrected chi connectivity index (χ3v) is 5.10. The molecule has 0 unspecified atom stereocenters. The zero-order chi connectivity index (χ0) is 21.2. The van der Waals surface area contributed by atoms with Gasteiger partial charge in [0, 0.05) is 21.4 Å². The number of carbonyl (C=O) groups is 1. The van der Waals surface area contributed by atoms with E-state index in [1.54, 1.807) is 0 Å². The molecule has 32 heavy (non-hydrogen) atoms. The summed E-state index contributed by atoms with van der Waals surface area (Å²) < 4.78 is 4.62. The SMILES string of the molecule is COC(=O)CCc1ccc2ccccc2c1.OCCCc1ccc2ccccc2c1.[B].[H-].[Li+]. The van der Waals surface area contributed by atoms with Gasteiger partial charge in [-0.05, 0) is 51.9 Å². The van der Waals surface area contributed by atoms with Crippen LogP contribution in [0.3, 0.4) is 0 Å². The van der Waals surface area contributed by atoms with E-state index in [9.17, 15) is 4.79 Å². The third kappa shape index (κ3) is 8.21. The molecule has 0 bridgehead atoms. The van der Waals surface area contributed by atoms with E-state index in [-0.39, 0.29) is 41.3 Å². The smallest absolute Gasteiger partial charge is 1.00 e. The van der Waals surface area contributed by atoms with Crippen molar-refractivity contribution in [1.82, 2.24) is 0 Å². The minimum atomic E-state index is -0.159. The predicted molar refractivity (Wildman–Crippen MR) is 131 cm³/mol. The van der Waals surface area contributed by atoms with Gasteiger partial charge in [-0.2, -0.15) is 0 Å². The first kappa shape index (κ1) is 27.5. The monoisotopic (exact) mass is 419 g/mol. The number of hydrogen-bond acceptors (Lipinski definition) is 3. The van der Waals surface area contributed by atoms with Crippen molar-refractivity contribution >= 4 is 35.9 Å². The first-order chi connectivity index (χ1) is 14.7. The molecule has 0 aliphatic carbocycles. The molecule has 0 heterocycles. The van der Waals surface area contributed by atoms with Crippen molar-refractivity contribution in [2.75, 3.05) is 13.7 Å². The Kier molecular flexibility index (Phi) is 12.5. The van der Waals surface area contributed by atoms with Crippen molar-refractivity contribution in [3.8, 4) is 0 Å². The van der Waals surface area contributed by atoms with Gasteiger partial charge in [-0.25, -0.2) is 0 Å². The number of aryl methyl sites for hydroxylation is 2. The van der Waals surface area contributed by atoms with Gasteiger partial charge in [-0.1, -0.05) is 84.9 Å². The molecule has 4 aromatic carbocycles. The van der Waals surface area contributed by atoms with Crippen LogP contribution >= 0.6 is 0 Å². The molecule has 0 aromatic heterocycles. The van der Waals surface area contributed by atoms with Crippen LogP contribution in [0.1, 0.15) is 25.4 Å². The van der Waals surface area contributed by atoms with Crippen molar-refractivity contribution < 1.29 is 34.9 Å². The third-order valence-electron chi connectivity index (χ3n) is 5.10. The van der Waals surface area contributed by atoms with Gasteiger partial charge < -0.3 is 11.3 Å². The van der Waals surface area contributed by atoms with Crippen molar-refractivity contribution in [3.63, 3.8) is 0 Å². The first-order valence-corrected chi connectivity index (χ1v) is 10.3. The Balaban J connectivity index is 0.000000573. The van der Waals surface area contributed by atoms with Crippen molar-refractivity contribution in [2.24, 2.45) is 0 Å². The van der Waals surface area contributed by atoms with Crippen LogP contribution in [-0.4, -0.2) is 33.2 Å². The number of fused-ring (bicyclic) bond motifs is 2. The number of esters is 1. The second-order valence-electron chi connectivity index (χ2n) is 7.27. The molecule has 3 nitrogen and oxygen atoms in total. The first-order valence-electron chi connectivity index (χ1n) is 10.3. The van der Waals surface area contributed by atoms with E-state index in [1.807, 2.05) is 12.1 Å². The summed E-state index contributed by atoms with van der Waals surface area (Å²) in [5, 5.41) is 13.7. The van der Waals surface area contributed by atoms with E-state index in [2.05, 4.69) is 77.5 Å². The maximum Gasteiger partial charge on any atom is 1.00 e. The molecule has 0 saturated carbocycles. The summed E-state index contributed by atoms with van der Waals surface area (Å²) in [4.78, 5) is 11.0. The molecule has 0 amide bonds. The van der Waals surface area contributed by atoms with E-state index in [0.29, 0.717) is 6.42 Å². The van der Waals surface area contributed by atoms with Crippen LogP contribution in [0.5, 0.6) is 0 Å². The maximum absolute atomic E-state index is 11.0. The minimum Gasteiger partial charge on any atom is -1.00 e. The Morgan fingerprint density at radius 2 is 1.25 bits per heavy atom. The fraction of sp³-hybridized carbons (Fsp3) is 0.222. The zero-order valence-corrected chi connectivity index (χ0v) is 19.0. The second-order valence-corrected chi connectivity index (χ2v) is 7.27. The van der Waals surface area contributed by atoms with Crippen LogP contribution in [-0.2, 0) is 22.4 Å². The molecule has 0 atom stereocenters. The van der Waals surface area contributed by atoms with Crippen LogP contribution in [0.25, 0.3) is 21.5 Å². The van der Waals surface area contributed by atoms with Gasteiger partial charge in [0.05, 0.1) is 7.11 Å². The molecule has 0 spiro atoms. The summed E-state index contributed by atoms with van der Waals surface area (Å²) in [5.74, 6) is -0.159. The van der Waals surface area contributed by atoms with E-state index in [0.717, 1.165) is 19.3 Å². The Morgan fingerprint density at radius 1 is 0.781 bits per heavy atom. The molecule has 0 aliphatic heterocycles. The van der Waals surface area contributed by atoms with Crippen LogP contribution < -0.4 is 18.9 Å². The van der Waals surface area contributed by atoms with E-state index in [1.165, 1.54) is 39.8 Å². The molecule has 3 radical (unpaired) electrons. The number of rotatable bonds is 6. The largest absolute Gasteiger partial charge is 1.00 e. The average molecular weight is 419 g/mol. The Labute approximate surface area is 206 Å². The standard InChI is InChI=1S/C14H14O2.C13H14O.B.Li.H/c1-16-14(15)9-7-11-6-8-12-4-2-3-5-13(12)10-11;14-9-3-4-11-7-8-12-5-1-2-6-13(12)10-11;;;/h2-6,8,10H,7,9H2,1H3;1-2,5-8,10,14H,3-4,9H2;;;/q;;;+1;-1. The Bertz CT molecular complexity index is 1120. The number of aliphatic hydroxyl groups excluding tert-OH is 1. The number of benzene rings is 4. The molecule has 1 N–H and O–H groups in total. The second kappa shape index (κ2) is 14.5. The van der Waals surface area contributed by atoms with E-state index >= 15 is 0 Å². The summed E-state index contributed by atoms with van der Waals surface area (Å²) in [6.45, 7) is 0.271. The van der Waals surface area contributed by atoms with Gasteiger partial charge in [0.1, 0.15) is 0 Å². The zero-order valence-electron chi connectivity index (χ0n) is 20.0. The van der Waals surface area contributed by atoms with Gasteiger partial charge in [0.2, 0.25) is 0 Å². The van der Waals surface area contributed by atoms with E-state index in [4.69, 9.17) is 5.11 Å². The number of hydrogen-bond donors (Lipinski definition) is 1. The molecular formula is C27H29BLiO3. The summed E-state index contributed by atoms with van der Waals surface area (Å²) in [6, 6.07) is 29.3. The normalized spacial score (nSPS) is 9.81. The molecule has 5 heteroatoms. The quantitative estimate of drug-likeness (QED) is 0.386. The fourth-order valence-corrected chi connectivity index (χ4v) is 3.42. The van der Waals surface area contributed by atoms with Gasteiger partial charge in [-0.15, -0.1) is 0 Å². The van der Waals surface area contributed by atoms with Gasteiger partial charge in [0.25, 0.3) is 0 Å². The molecule has 4 rings (SSSR count).